The number of rotatable bonds is 4. The van der Waals surface area contributed by atoms with Gasteiger partial charge in [-0.15, -0.1) is 0 Å². The normalized spacial score (nSPS) is 14.7. The van der Waals surface area contributed by atoms with Gasteiger partial charge in [-0.1, -0.05) is 18.6 Å². The Morgan fingerprint density at radius 2 is 1.65 bits per heavy atom. The van der Waals surface area contributed by atoms with Crippen LogP contribution in [0.3, 0.4) is 0 Å². The van der Waals surface area contributed by atoms with Gasteiger partial charge in [0, 0.05) is 17.8 Å². The summed E-state index contributed by atoms with van der Waals surface area (Å²) in [4.78, 5) is 14.5. The Kier molecular flexibility index (Phi) is 6.30. The second kappa shape index (κ2) is 8.87. The maximum Gasteiger partial charge on any atom is 0.257 e. The third-order valence-electron chi connectivity index (χ3n) is 4.40. The summed E-state index contributed by atoms with van der Waals surface area (Å²) in [5.74, 6) is -0.754. The highest BCUT2D eigenvalue weighted by molar-refractivity contribution is 7.80. The van der Waals surface area contributed by atoms with Crippen LogP contribution >= 0.6 is 12.2 Å². The van der Waals surface area contributed by atoms with Crippen LogP contribution in [0.4, 0.5) is 10.1 Å². The molecule has 6 heteroatoms. The van der Waals surface area contributed by atoms with Crippen LogP contribution in [0.5, 0.6) is 0 Å². The minimum atomic E-state index is -0.383. The van der Waals surface area contributed by atoms with Crippen LogP contribution in [-0.4, -0.2) is 29.0 Å². The van der Waals surface area contributed by atoms with Gasteiger partial charge in [0.25, 0.3) is 5.91 Å². The minimum Gasteiger partial charge on any atom is -0.332 e. The van der Waals surface area contributed by atoms with Crippen molar-refractivity contribution in [2.24, 2.45) is 0 Å². The summed E-state index contributed by atoms with van der Waals surface area (Å²) < 4.78 is 12.9. The molecule has 0 spiro atoms. The predicted octanol–water partition coefficient (Wildman–Crippen LogP) is 3.94. The van der Waals surface area contributed by atoms with Gasteiger partial charge in [-0.2, -0.15) is 0 Å². The first-order valence-electron chi connectivity index (χ1n) is 8.79. The number of carbonyl (C=O) groups excluding carboxylic acids is 1. The summed E-state index contributed by atoms with van der Waals surface area (Å²) in [5.41, 5.74) is 2.43. The standard InChI is InChI=1S/C20H22FN3OS/c21-17-8-6-16(7-9-17)19(25)23-20(26)22-18-10-4-15(5-11-18)14-24-12-2-1-3-13-24/h4-11H,1-3,12-14H2,(H2,22,23,25,26). The molecule has 3 rings (SSSR count). The fourth-order valence-corrected chi connectivity index (χ4v) is 3.22. The van der Waals surface area contributed by atoms with Gasteiger partial charge in [0.1, 0.15) is 5.82 Å². The molecule has 26 heavy (non-hydrogen) atoms. The van der Waals surface area contributed by atoms with Gasteiger partial charge < -0.3 is 5.32 Å². The second-order valence-corrected chi connectivity index (χ2v) is 6.86. The van der Waals surface area contributed by atoms with E-state index in [4.69, 9.17) is 12.2 Å². The average Bonchev–Trinajstić information content (AvgIpc) is 2.64. The lowest BCUT2D eigenvalue weighted by molar-refractivity contribution is 0.0977. The monoisotopic (exact) mass is 371 g/mol. The Morgan fingerprint density at radius 1 is 1.00 bits per heavy atom. The molecule has 136 valence electrons. The summed E-state index contributed by atoms with van der Waals surface area (Å²) in [7, 11) is 0. The van der Waals surface area contributed by atoms with E-state index in [9.17, 15) is 9.18 Å². The molecule has 1 aliphatic heterocycles. The molecular weight excluding hydrogens is 349 g/mol. The van der Waals surface area contributed by atoms with Crippen LogP contribution in [-0.2, 0) is 6.54 Å². The van der Waals surface area contributed by atoms with E-state index in [2.05, 4.69) is 27.7 Å². The number of halogens is 1. The number of nitrogens with one attached hydrogen (secondary N) is 2. The lowest BCUT2D eigenvalue weighted by atomic mass is 10.1. The number of anilines is 1. The first kappa shape index (κ1) is 18.5. The number of hydrogen-bond donors (Lipinski definition) is 2. The first-order valence-corrected chi connectivity index (χ1v) is 9.20. The van der Waals surface area contributed by atoms with E-state index >= 15 is 0 Å². The van der Waals surface area contributed by atoms with Crippen molar-refractivity contribution in [3.05, 3.63) is 65.5 Å². The molecule has 0 aliphatic carbocycles. The van der Waals surface area contributed by atoms with Crippen molar-refractivity contribution < 1.29 is 9.18 Å². The summed E-state index contributed by atoms with van der Waals surface area (Å²) in [6.07, 6.45) is 3.89. The quantitative estimate of drug-likeness (QED) is 0.799. The van der Waals surface area contributed by atoms with Crippen molar-refractivity contribution in [3.8, 4) is 0 Å². The second-order valence-electron chi connectivity index (χ2n) is 6.45. The zero-order valence-electron chi connectivity index (χ0n) is 14.5. The first-order chi connectivity index (χ1) is 12.6. The molecule has 2 aromatic carbocycles. The van der Waals surface area contributed by atoms with Gasteiger partial charge in [-0.25, -0.2) is 4.39 Å². The van der Waals surface area contributed by atoms with E-state index < -0.39 is 0 Å². The van der Waals surface area contributed by atoms with E-state index in [0.717, 1.165) is 12.2 Å². The van der Waals surface area contributed by atoms with E-state index in [1.54, 1.807) is 0 Å². The smallest absolute Gasteiger partial charge is 0.257 e. The highest BCUT2D eigenvalue weighted by Gasteiger charge is 2.11. The molecule has 0 bridgehead atoms. The lowest BCUT2D eigenvalue weighted by Gasteiger charge is -2.26. The Balaban J connectivity index is 1.50. The zero-order chi connectivity index (χ0) is 18.4. The van der Waals surface area contributed by atoms with Crippen LogP contribution in [0.15, 0.2) is 48.5 Å². The SMILES string of the molecule is O=C(NC(=S)Nc1ccc(CN2CCCCC2)cc1)c1ccc(F)cc1. The van der Waals surface area contributed by atoms with Gasteiger partial charge >= 0.3 is 0 Å². The van der Waals surface area contributed by atoms with Crippen molar-refractivity contribution in [2.45, 2.75) is 25.8 Å². The molecule has 1 saturated heterocycles. The van der Waals surface area contributed by atoms with Crippen molar-refractivity contribution in [2.75, 3.05) is 18.4 Å². The highest BCUT2D eigenvalue weighted by atomic mass is 32.1. The third kappa shape index (κ3) is 5.34. The van der Waals surface area contributed by atoms with Gasteiger partial charge in [0.05, 0.1) is 0 Å². The molecule has 4 nitrogen and oxygen atoms in total. The predicted molar refractivity (Wildman–Crippen MR) is 106 cm³/mol. The van der Waals surface area contributed by atoms with Gasteiger partial charge in [0.15, 0.2) is 5.11 Å². The lowest BCUT2D eigenvalue weighted by Crippen LogP contribution is -2.34. The van der Waals surface area contributed by atoms with Crippen LogP contribution < -0.4 is 10.6 Å². The number of piperidine rings is 1. The van der Waals surface area contributed by atoms with E-state index in [-0.39, 0.29) is 16.8 Å². The fraction of sp³-hybridized carbons (Fsp3) is 0.300. The van der Waals surface area contributed by atoms with Crippen molar-refractivity contribution in [1.29, 1.82) is 0 Å². The third-order valence-corrected chi connectivity index (χ3v) is 4.60. The van der Waals surface area contributed by atoms with Crippen LogP contribution in [0.2, 0.25) is 0 Å². The number of nitrogens with zero attached hydrogens (tertiary/aromatic N) is 1. The van der Waals surface area contributed by atoms with E-state index in [1.165, 1.54) is 62.2 Å². The summed E-state index contributed by atoms with van der Waals surface area (Å²) in [6, 6.07) is 13.4. The molecule has 1 aliphatic rings. The Hall–Kier alpha value is -2.31. The van der Waals surface area contributed by atoms with Crippen LogP contribution in [0, 0.1) is 5.82 Å². The van der Waals surface area contributed by atoms with Gasteiger partial charge in [-0.05, 0) is 80.1 Å². The number of thiocarbonyl (C=S) groups is 1. The van der Waals surface area contributed by atoms with Gasteiger partial charge in [-0.3, -0.25) is 15.0 Å². The number of hydrogen-bond acceptors (Lipinski definition) is 3. The Labute approximate surface area is 158 Å². The molecule has 0 unspecified atom stereocenters. The number of likely N-dealkylation sites (tertiary alicyclic amines) is 1. The van der Waals surface area contributed by atoms with Gasteiger partial charge in [0.2, 0.25) is 0 Å². The average molecular weight is 371 g/mol. The summed E-state index contributed by atoms with van der Waals surface area (Å²) in [5, 5.41) is 5.80. The largest absolute Gasteiger partial charge is 0.332 e. The maximum atomic E-state index is 12.9. The molecule has 0 atom stereocenters. The molecule has 2 aromatic rings. The van der Waals surface area contributed by atoms with E-state index in [0.29, 0.717) is 5.56 Å². The topological polar surface area (TPSA) is 44.4 Å². The van der Waals surface area contributed by atoms with Crippen molar-refractivity contribution >= 4 is 28.9 Å². The Bertz CT molecular complexity index is 756. The maximum absolute atomic E-state index is 12.9. The molecule has 0 aromatic heterocycles. The number of carbonyl (C=O) groups is 1. The molecule has 2 N–H and O–H groups in total. The zero-order valence-corrected chi connectivity index (χ0v) is 15.3. The Morgan fingerprint density at radius 3 is 2.31 bits per heavy atom. The minimum absolute atomic E-state index is 0.211. The molecule has 0 saturated carbocycles. The molecular formula is C20H22FN3OS. The van der Waals surface area contributed by atoms with E-state index in [1.807, 2.05) is 12.1 Å². The summed E-state index contributed by atoms with van der Waals surface area (Å²) in [6.45, 7) is 3.30. The number of benzene rings is 2. The fourth-order valence-electron chi connectivity index (χ4n) is 3.01. The van der Waals surface area contributed by atoms with Crippen LogP contribution in [0.1, 0.15) is 35.2 Å². The van der Waals surface area contributed by atoms with Crippen molar-refractivity contribution in [3.63, 3.8) is 0 Å². The summed E-state index contributed by atoms with van der Waals surface area (Å²) >= 11 is 5.18. The van der Waals surface area contributed by atoms with Crippen LogP contribution in [0.25, 0.3) is 0 Å². The number of amides is 1. The highest BCUT2D eigenvalue weighted by Crippen LogP contribution is 2.15. The molecule has 1 amide bonds. The molecule has 1 heterocycles. The van der Waals surface area contributed by atoms with Crippen molar-refractivity contribution in [1.82, 2.24) is 10.2 Å². The molecule has 0 radical (unpaired) electrons. The molecule has 1 fully saturated rings.